The lowest BCUT2D eigenvalue weighted by Gasteiger charge is -2.20. The van der Waals surface area contributed by atoms with E-state index in [-0.39, 0.29) is 24.6 Å². The summed E-state index contributed by atoms with van der Waals surface area (Å²) in [5.74, 6) is 1.59. The summed E-state index contributed by atoms with van der Waals surface area (Å²) >= 11 is 0. The summed E-state index contributed by atoms with van der Waals surface area (Å²) in [5, 5.41) is 3.61. The Morgan fingerprint density at radius 1 is 1.28 bits per heavy atom. The van der Waals surface area contributed by atoms with E-state index in [1.54, 1.807) is 14.1 Å². The van der Waals surface area contributed by atoms with E-state index in [2.05, 4.69) is 24.4 Å². The number of hydrogen-bond donors (Lipinski definition) is 1. The third-order valence-corrected chi connectivity index (χ3v) is 4.37. The average molecular weight is 340 g/mol. The Morgan fingerprint density at radius 3 is 2.88 bits per heavy atom. The predicted molar refractivity (Wildman–Crippen MR) is 96.9 cm³/mol. The van der Waals surface area contributed by atoms with Crippen LogP contribution in [0, 0.1) is 0 Å². The van der Waals surface area contributed by atoms with Gasteiger partial charge in [-0.15, -0.1) is 0 Å². The van der Waals surface area contributed by atoms with Crippen LogP contribution in [0.25, 0.3) is 0 Å². The first-order chi connectivity index (χ1) is 12.0. The summed E-state index contributed by atoms with van der Waals surface area (Å²) in [6.07, 6.45) is 0. The lowest BCUT2D eigenvalue weighted by Crippen LogP contribution is -2.27. The molecule has 25 heavy (non-hydrogen) atoms. The molecular formula is C20H24N2O3. The van der Waals surface area contributed by atoms with E-state index in [0.717, 1.165) is 11.3 Å². The highest BCUT2D eigenvalue weighted by atomic mass is 16.5. The third kappa shape index (κ3) is 4.12. The number of fused-ring (bicyclic) bond motifs is 1. The van der Waals surface area contributed by atoms with Crippen molar-refractivity contribution in [3.8, 4) is 11.5 Å². The quantitative estimate of drug-likeness (QED) is 0.878. The monoisotopic (exact) mass is 340 g/mol. The van der Waals surface area contributed by atoms with Gasteiger partial charge in [-0.05, 0) is 30.7 Å². The molecule has 5 heteroatoms. The summed E-state index contributed by atoms with van der Waals surface area (Å²) in [6, 6.07) is 16.3. The molecule has 0 saturated carbocycles. The van der Waals surface area contributed by atoms with E-state index < -0.39 is 0 Å². The van der Waals surface area contributed by atoms with Crippen LogP contribution < -0.4 is 14.8 Å². The molecule has 0 bridgehead atoms. The van der Waals surface area contributed by atoms with E-state index >= 15 is 0 Å². The van der Waals surface area contributed by atoms with Crippen molar-refractivity contribution in [1.29, 1.82) is 0 Å². The molecule has 0 saturated heterocycles. The Labute approximate surface area is 148 Å². The molecule has 1 aliphatic heterocycles. The summed E-state index contributed by atoms with van der Waals surface area (Å²) < 4.78 is 11.3. The van der Waals surface area contributed by atoms with Gasteiger partial charge in [0.1, 0.15) is 18.1 Å². The van der Waals surface area contributed by atoms with Crippen LogP contribution >= 0.6 is 0 Å². The molecule has 0 spiro atoms. The molecule has 0 fully saturated rings. The van der Waals surface area contributed by atoms with Gasteiger partial charge >= 0.3 is 0 Å². The highest BCUT2D eigenvalue weighted by molar-refractivity contribution is 5.77. The van der Waals surface area contributed by atoms with Crippen LogP contribution in [-0.4, -0.2) is 38.1 Å². The molecule has 1 N–H and O–H groups in total. The molecule has 0 aliphatic carbocycles. The molecule has 132 valence electrons. The third-order valence-electron chi connectivity index (χ3n) is 4.37. The van der Waals surface area contributed by atoms with Gasteiger partial charge in [0.2, 0.25) is 0 Å². The van der Waals surface area contributed by atoms with E-state index in [0.29, 0.717) is 12.4 Å². The normalized spacial score (nSPS) is 16.7. The van der Waals surface area contributed by atoms with Gasteiger partial charge in [-0.25, -0.2) is 0 Å². The summed E-state index contributed by atoms with van der Waals surface area (Å²) in [6.45, 7) is 2.80. The van der Waals surface area contributed by atoms with Crippen molar-refractivity contribution in [3.05, 3.63) is 59.7 Å². The maximum atomic E-state index is 11.7. The van der Waals surface area contributed by atoms with Gasteiger partial charge < -0.3 is 19.7 Å². The Morgan fingerprint density at radius 2 is 2.08 bits per heavy atom. The molecule has 1 heterocycles. The van der Waals surface area contributed by atoms with Crippen LogP contribution in [0.2, 0.25) is 0 Å². The van der Waals surface area contributed by atoms with Crippen LogP contribution in [0.5, 0.6) is 11.5 Å². The van der Waals surface area contributed by atoms with E-state index in [4.69, 9.17) is 9.47 Å². The summed E-state index contributed by atoms with van der Waals surface area (Å²) in [7, 11) is 3.44. The van der Waals surface area contributed by atoms with Crippen LogP contribution in [0.15, 0.2) is 48.5 Å². The number of carbonyl (C=O) groups is 1. The van der Waals surface area contributed by atoms with Crippen LogP contribution in [0.4, 0.5) is 0 Å². The molecule has 3 rings (SSSR count). The molecule has 2 atom stereocenters. The van der Waals surface area contributed by atoms with Crippen molar-refractivity contribution in [2.24, 2.45) is 0 Å². The number of likely N-dealkylation sites (N-methyl/N-ethyl adjacent to an activating group) is 1. The Kier molecular flexibility index (Phi) is 5.24. The molecule has 2 aromatic carbocycles. The minimum Gasteiger partial charge on any atom is -0.491 e. The van der Waals surface area contributed by atoms with Crippen LogP contribution in [0.3, 0.4) is 0 Å². The number of rotatable bonds is 6. The zero-order valence-electron chi connectivity index (χ0n) is 14.9. The maximum absolute atomic E-state index is 11.7. The average Bonchev–Trinajstić information content (AvgIpc) is 3.03. The first-order valence-corrected chi connectivity index (χ1v) is 8.45. The number of para-hydroxylation sites is 1. The molecule has 0 unspecified atom stereocenters. The molecule has 0 radical (unpaired) electrons. The second-order valence-electron chi connectivity index (χ2n) is 6.44. The SMILES string of the molecule is C[C@@H](N[C@@H]1COc2ccccc21)c1cccc(OCC(=O)N(C)C)c1. The molecular weight excluding hydrogens is 316 g/mol. The molecule has 0 aromatic heterocycles. The highest BCUT2D eigenvalue weighted by Gasteiger charge is 2.25. The Bertz CT molecular complexity index is 745. The summed E-state index contributed by atoms with van der Waals surface area (Å²) in [5.41, 5.74) is 2.30. The van der Waals surface area contributed by atoms with Crippen molar-refractivity contribution >= 4 is 5.91 Å². The minimum absolute atomic E-state index is 0.0438. The lowest BCUT2D eigenvalue weighted by atomic mass is 10.0. The maximum Gasteiger partial charge on any atom is 0.259 e. The molecule has 1 aliphatic rings. The van der Waals surface area contributed by atoms with E-state index in [9.17, 15) is 4.79 Å². The van der Waals surface area contributed by atoms with Gasteiger partial charge in [0, 0.05) is 25.7 Å². The van der Waals surface area contributed by atoms with Crippen molar-refractivity contribution in [3.63, 3.8) is 0 Å². The minimum atomic E-state index is -0.0590. The van der Waals surface area contributed by atoms with Gasteiger partial charge in [-0.2, -0.15) is 0 Å². The van der Waals surface area contributed by atoms with E-state index in [1.165, 1.54) is 10.5 Å². The number of amides is 1. The van der Waals surface area contributed by atoms with Crippen LogP contribution in [-0.2, 0) is 4.79 Å². The number of hydrogen-bond acceptors (Lipinski definition) is 4. The van der Waals surface area contributed by atoms with Crippen molar-refractivity contribution in [2.75, 3.05) is 27.3 Å². The molecule has 5 nitrogen and oxygen atoms in total. The number of ether oxygens (including phenoxy) is 2. The zero-order valence-corrected chi connectivity index (χ0v) is 14.9. The van der Waals surface area contributed by atoms with Gasteiger partial charge in [-0.1, -0.05) is 30.3 Å². The Hall–Kier alpha value is -2.53. The van der Waals surface area contributed by atoms with Gasteiger partial charge in [-0.3, -0.25) is 4.79 Å². The second kappa shape index (κ2) is 7.57. The molecule has 2 aromatic rings. The largest absolute Gasteiger partial charge is 0.491 e. The smallest absolute Gasteiger partial charge is 0.259 e. The summed E-state index contributed by atoms with van der Waals surface area (Å²) in [4.78, 5) is 13.2. The van der Waals surface area contributed by atoms with Crippen molar-refractivity contribution in [1.82, 2.24) is 10.2 Å². The van der Waals surface area contributed by atoms with E-state index in [1.807, 2.05) is 36.4 Å². The lowest BCUT2D eigenvalue weighted by molar-refractivity contribution is -0.130. The van der Waals surface area contributed by atoms with Gasteiger partial charge in [0.05, 0.1) is 6.04 Å². The number of carbonyl (C=O) groups excluding carboxylic acids is 1. The fourth-order valence-electron chi connectivity index (χ4n) is 2.85. The fraction of sp³-hybridized carbons (Fsp3) is 0.350. The first kappa shape index (κ1) is 17.3. The van der Waals surface area contributed by atoms with Gasteiger partial charge in [0.25, 0.3) is 5.91 Å². The second-order valence-corrected chi connectivity index (χ2v) is 6.44. The number of nitrogens with one attached hydrogen (secondary N) is 1. The number of benzene rings is 2. The number of nitrogens with zero attached hydrogens (tertiary/aromatic N) is 1. The highest BCUT2D eigenvalue weighted by Crippen LogP contribution is 2.33. The molecule has 1 amide bonds. The zero-order chi connectivity index (χ0) is 17.8. The van der Waals surface area contributed by atoms with Crippen molar-refractivity contribution in [2.45, 2.75) is 19.0 Å². The van der Waals surface area contributed by atoms with Gasteiger partial charge in [0.15, 0.2) is 6.61 Å². The predicted octanol–water partition coefficient (Wildman–Crippen LogP) is 2.94. The van der Waals surface area contributed by atoms with Crippen LogP contribution in [0.1, 0.15) is 30.1 Å². The first-order valence-electron chi connectivity index (χ1n) is 8.45. The van der Waals surface area contributed by atoms with Crippen molar-refractivity contribution < 1.29 is 14.3 Å². The topological polar surface area (TPSA) is 50.8 Å². The Balaban J connectivity index is 1.64. The standard InChI is InChI=1S/C20H24N2O3/c1-14(21-18-12-25-19-10-5-4-9-17(18)19)15-7-6-8-16(11-15)24-13-20(23)22(2)3/h4-11,14,18,21H,12-13H2,1-3H3/t14-,18-/m1/s1. The fourth-order valence-corrected chi connectivity index (χ4v) is 2.85.